The van der Waals surface area contributed by atoms with Crippen LogP contribution in [0, 0.1) is 0 Å². The largest absolute Gasteiger partial charge is 0.378 e. The average molecular weight is 382 g/mol. The van der Waals surface area contributed by atoms with E-state index in [0.29, 0.717) is 6.04 Å². The molecule has 28 heavy (non-hydrogen) atoms. The van der Waals surface area contributed by atoms with E-state index < -0.39 is 0 Å². The molecule has 2 saturated heterocycles. The molecule has 0 amide bonds. The first kappa shape index (κ1) is 19.3. The number of aromatic nitrogens is 2. The van der Waals surface area contributed by atoms with E-state index in [0.717, 1.165) is 51.0 Å². The summed E-state index contributed by atoms with van der Waals surface area (Å²) < 4.78 is 5.46. The molecule has 2 aliphatic heterocycles. The molecule has 0 unspecified atom stereocenters. The summed E-state index contributed by atoms with van der Waals surface area (Å²) in [6.07, 6.45) is 4.33. The van der Waals surface area contributed by atoms with Gasteiger partial charge in [0.25, 0.3) is 0 Å². The number of morpholine rings is 1. The van der Waals surface area contributed by atoms with E-state index in [1.54, 1.807) is 0 Å². The second kappa shape index (κ2) is 9.45. The van der Waals surface area contributed by atoms with Crippen LogP contribution >= 0.6 is 0 Å². The summed E-state index contributed by atoms with van der Waals surface area (Å²) in [5, 5.41) is 0. The Morgan fingerprint density at radius 3 is 2.50 bits per heavy atom. The van der Waals surface area contributed by atoms with Gasteiger partial charge in [-0.15, -0.1) is 0 Å². The van der Waals surface area contributed by atoms with E-state index in [-0.39, 0.29) is 0 Å². The van der Waals surface area contributed by atoms with Crippen LogP contribution in [0.2, 0.25) is 0 Å². The van der Waals surface area contributed by atoms with Gasteiger partial charge in [0.05, 0.1) is 18.9 Å². The Bertz CT molecular complexity index is 727. The minimum Gasteiger partial charge on any atom is -0.378 e. The van der Waals surface area contributed by atoms with Gasteiger partial charge in [0.1, 0.15) is 0 Å². The SMILES string of the molecule is CN1CCC(N(Cc2ccccc2)Cc2ccnc(N3CCOCC3)n2)CC1. The van der Waals surface area contributed by atoms with Gasteiger partial charge in [0.15, 0.2) is 0 Å². The van der Waals surface area contributed by atoms with Crippen LogP contribution < -0.4 is 4.90 Å². The van der Waals surface area contributed by atoms with Crippen molar-refractivity contribution >= 4 is 5.95 Å². The Kier molecular flexibility index (Phi) is 6.52. The predicted molar refractivity (Wildman–Crippen MR) is 111 cm³/mol. The van der Waals surface area contributed by atoms with E-state index in [2.05, 4.69) is 63.1 Å². The Morgan fingerprint density at radius 2 is 1.75 bits per heavy atom. The Hall–Kier alpha value is -2.02. The topological polar surface area (TPSA) is 44.7 Å². The number of nitrogens with zero attached hydrogens (tertiary/aromatic N) is 5. The van der Waals surface area contributed by atoms with Crippen molar-refractivity contribution in [3.05, 3.63) is 53.9 Å². The molecule has 2 aromatic rings. The van der Waals surface area contributed by atoms with Crippen molar-refractivity contribution in [1.29, 1.82) is 0 Å². The quantitative estimate of drug-likeness (QED) is 0.766. The molecule has 6 nitrogen and oxygen atoms in total. The maximum Gasteiger partial charge on any atom is 0.225 e. The lowest BCUT2D eigenvalue weighted by Gasteiger charge is -2.37. The van der Waals surface area contributed by atoms with E-state index in [1.165, 1.54) is 31.5 Å². The Labute approximate surface area is 168 Å². The number of benzene rings is 1. The fraction of sp³-hybridized carbons (Fsp3) is 0.545. The number of piperidine rings is 1. The second-order valence-electron chi connectivity index (χ2n) is 7.87. The number of rotatable bonds is 6. The highest BCUT2D eigenvalue weighted by molar-refractivity contribution is 5.30. The van der Waals surface area contributed by atoms with Gasteiger partial charge in [-0.05, 0) is 44.6 Å². The molecule has 0 atom stereocenters. The molecule has 0 saturated carbocycles. The number of ether oxygens (including phenoxy) is 1. The molecule has 2 aliphatic rings. The Morgan fingerprint density at radius 1 is 1.00 bits per heavy atom. The lowest BCUT2D eigenvalue weighted by molar-refractivity contribution is 0.106. The van der Waals surface area contributed by atoms with E-state index in [1.807, 2.05) is 6.20 Å². The van der Waals surface area contributed by atoms with Crippen molar-refractivity contribution in [3.8, 4) is 0 Å². The highest BCUT2D eigenvalue weighted by Crippen LogP contribution is 2.21. The summed E-state index contributed by atoms with van der Waals surface area (Å²) in [6, 6.07) is 13.5. The summed E-state index contributed by atoms with van der Waals surface area (Å²) in [7, 11) is 2.22. The maximum absolute atomic E-state index is 5.46. The van der Waals surface area contributed by atoms with Crippen molar-refractivity contribution in [2.45, 2.75) is 32.0 Å². The van der Waals surface area contributed by atoms with Crippen molar-refractivity contribution < 1.29 is 4.74 Å². The molecular formula is C22H31N5O. The number of anilines is 1. The van der Waals surface area contributed by atoms with E-state index in [4.69, 9.17) is 9.72 Å². The first-order valence-electron chi connectivity index (χ1n) is 10.4. The molecular weight excluding hydrogens is 350 g/mol. The molecule has 6 heteroatoms. The van der Waals surface area contributed by atoms with E-state index in [9.17, 15) is 0 Å². The normalized spacial score (nSPS) is 19.3. The van der Waals surface area contributed by atoms with Gasteiger partial charge in [-0.25, -0.2) is 9.97 Å². The third-order valence-corrected chi connectivity index (χ3v) is 5.79. The average Bonchev–Trinajstić information content (AvgIpc) is 2.75. The summed E-state index contributed by atoms with van der Waals surface area (Å²) in [5.41, 5.74) is 2.47. The first-order valence-corrected chi connectivity index (χ1v) is 10.4. The molecule has 4 rings (SSSR count). The van der Waals surface area contributed by atoms with Crippen LogP contribution in [0.25, 0.3) is 0 Å². The smallest absolute Gasteiger partial charge is 0.225 e. The van der Waals surface area contributed by atoms with Crippen LogP contribution in [0.3, 0.4) is 0 Å². The first-order chi connectivity index (χ1) is 13.8. The van der Waals surface area contributed by atoms with Crippen molar-refractivity contribution in [1.82, 2.24) is 19.8 Å². The zero-order chi connectivity index (χ0) is 19.2. The summed E-state index contributed by atoms with van der Waals surface area (Å²) in [6.45, 7) is 7.40. The monoisotopic (exact) mass is 381 g/mol. The Balaban J connectivity index is 1.49. The molecule has 3 heterocycles. The van der Waals surface area contributed by atoms with Crippen molar-refractivity contribution in [3.63, 3.8) is 0 Å². The third kappa shape index (κ3) is 5.07. The summed E-state index contributed by atoms with van der Waals surface area (Å²) in [4.78, 5) is 16.7. The molecule has 1 aromatic heterocycles. The molecule has 1 aromatic carbocycles. The van der Waals surface area contributed by atoms with Crippen molar-refractivity contribution in [2.75, 3.05) is 51.3 Å². The van der Waals surface area contributed by atoms with Gasteiger partial charge in [0.2, 0.25) is 5.95 Å². The molecule has 0 aliphatic carbocycles. The number of hydrogen-bond acceptors (Lipinski definition) is 6. The van der Waals surface area contributed by atoms with Gasteiger partial charge < -0.3 is 14.5 Å². The molecule has 0 spiro atoms. The highest BCUT2D eigenvalue weighted by Gasteiger charge is 2.24. The lowest BCUT2D eigenvalue weighted by Crippen LogP contribution is -2.43. The van der Waals surface area contributed by atoms with Crippen molar-refractivity contribution in [2.24, 2.45) is 0 Å². The molecule has 0 radical (unpaired) electrons. The van der Waals surface area contributed by atoms with Crippen LogP contribution in [-0.4, -0.2) is 72.3 Å². The van der Waals surface area contributed by atoms with Crippen LogP contribution in [0.15, 0.2) is 42.6 Å². The molecule has 0 N–H and O–H groups in total. The van der Waals surface area contributed by atoms with Crippen LogP contribution in [0.1, 0.15) is 24.1 Å². The number of hydrogen-bond donors (Lipinski definition) is 0. The minimum absolute atomic E-state index is 0.596. The lowest BCUT2D eigenvalue weighted by atomic mass is 10.0. The van der Waals surface area contributed by atoms with Gasteiger partial charge >= 0.3 is 0 Å². The maximum atomic E-state index is 5.46. The van der Waals surface area contributed by atoms with Crippen LogP contribution in [0.5, 0.6) is 0 Å². The molecule has 2 fully saturated rings. The summed E-state index contributed by atoms with van der Waals surface area (Å²) in [5.74, 6) is 0.837. The fourth-order valence-corrected chi connectivity index (χ4v) is 4.09. The minimum atomic E-state index is 0.596. The standard InChI is InChI=1S/C22H31N5O/c1-25-11-8-21(9-12-25)27(17-19-5-3-2-4-6-19)18-20-7-10-23-22(24-20)26-13-15-28-16-14-26/h2-7,10,21H,8-9,11-18H2,1H3. The highest BCUT2D eigenvalue weighted by atomic mass is 16.5. The van der Waals surface area contributed by atoms with Gasteiger partial charge in [-0.2, -0.15) is 0 Å². The second-order valence-corrected chi connectivity index (χ2v) is 7.87. The number of likely N-dealkylation sites (tertiary alicyclic amines) is 1. The predicted octanol–water partition coefficient (Wildman–Crippen LogP) is 2.41. The van der Waals surface area contributed by atoms with Gasteiger partial charge in [0, 0.05) is 38.4 Å². The zero-order valence-electron chi connectivity index (χ0n) is 16.8. The van der Waals surface area contributed by atoms with E-state index >= 15 is 0 Å². The third-order valence-electron chi connectivity index (χ3n) is 5.79. The molecule has 0 bridgehead atoms. The van der Waals surface area contributed by atoms with Gasteiger partial charge in [-0.1, -0.05) is 30.3 Å². The fourth-order valence-electron chi connectivity index (χ4n) is 4.09. The van der Waals surface area contributed by atoms with Gasteiger partial charge in [-0.3, -0.25) is 4.90 Å². The molecule has 150 valence electrons. The zero-order valence-corrected chi connectivity index (χ0v) is 16.8. The van der Waals surface area contributed by atoms with Crippen LogP contribution in [-0.2, 0) is 17.8 Å². The summed E-state index contributed by atoms with van der Waals surface area (Å²) >= 11 is 0. The van der Waals surface area contributed by atoms with Crippen LogP contribution in [0.4, 0.5) is 5.95 Å².